The van der Waals surface area contributed by atoms with E-state index in [1.165, 1.54) is 0 Å². The van der Waals surface area contributed by atoms with E-state index in [1.54, 1.807) is 34.4 Å². The molecule has 0 atom stereocenters. The Labute approximate surface area is 153 Å². The summed E-state index contributed by atoms with van der Waals surface area (Å²) in [6.07, 6.45) is 3.44. The van der Waals surface area contributed by atoms with Gasteiger partial charge in [0.25, 0.3) is 0 Å². The smallest absolute Gasteiger partial charge is 0.246 e. The summed E-state index contributed by atoms with van der Waals surface area (Å²) in [6, 6.07) is 11.3. The van der Waals surface area contributed by atoms with E-state index >= 15 is 0 Å². The third kappa shape index (κ3) is 3.50. The van der Waals surface area contributed by atoms with Crippen LogP contribution in [-0.2, 0) is 4.79 Å². The quantitative estimate of drug-likeness (QED) is 0.648. The van der Waals surface area contributed by atoms with Crippen LogP contribution in [0.4, 0.5) is 0 Å². The van der Waals surface area contributed by atoms with Crippen LogP contribution in [0.15, 0.2) is 52.4 Å². The minimum Gasteiger partial charge on any atom is -0.339 e. The number of benzene rings is 1. The molecule has 1 aromatic carbocycles. The molecule has 0 aliphatic carbocycles. The Morgan fingerprint density at radius 1 is 1.32 bits per heavy atom. The molecule has 4 rings (SSSR count). The molecule has 0 saturated carbocycles. The molecule has 126 valence electrons. The van der Waals surface area contributed by atoms with Gasteiger partial charge in [-0.2, -0.15) is 4.98 Å². The van der Waals surface area contributed by atoms with Crippen molar-refractivity contribution < 1.29 is 9.32 Å². The van der Waals surface area contributed by atoms with Gasteiger partial charge in [-0.3, -0.25) is 4.79 Å². The second-order valence-electron chi connectivity index (χ2n) is 5.76. The molecule has 1 amide bonds. The normalized spacial score (nSPS) is 14.8. The molecule has 1 fully saturated rings. The minimum absolute atomic E-state index is 0.000713. The number of hydrogen-bond acceptors (Lipinski definition) is 5. The van der Waals surface area contributed by atoms with Gasteiger partial charge in [-0.1, -0.05) is 35.0 Å². The number of amides is 1. The third-order valence-corrected chi connectivity index (χ3v) is 5.07. The lowest BCUT2D eigenvalue weighted by Gasteiger charge is -2.36. The van der Waals surface area contributed by atoms with Crippen molar-refractivity contribution in [3.05, 3.63) is 63.6 Å². The lowest BCUT2D eigenvalue weighted by molar-refractivity contribution is -0.130. The molecule has 25 heavy (non-hydrogen) atoms. The number of thiophene rings is 1. The van der Waals surface area contributed by atoms with Crippen LogP contribution < -0.4 is 0 Å². The van der Waals surface area contributed by atoms with Gasteiger partial charge < -0.3 is 9.42 Å². The molecule has 0 bridgehead atoms. The number of carbonyl (C=O) groups excluding carboxylic acids is 1. The van der Waals surface area contributed by atoms with E-state index in [0.717, 1.165) is 10.4 Å². The van der Waals surface area contributed by atoms with Gasteiger partial charge in [0.2, 0.25) is 17.6 Å². The molecule has 0 unspecified atom stereocenters. The van der Waals surface area contributed by atoms with E-state index in [0.29, 0.717) is 29.8 Å². The fourth-order valence-corrected chi connectivity index (χ4v) is 3.41. The number of carbonyl (C=O) groups is 1. The Morgan fingerprint density at radius 2 is 2.20 bits per heavy atom. The minimum atomic E-state index is -0.000713. The second kappa shape index (κ2) is 6.82. The molecule has 5 nitrogen and oxygen atoms in total. The van der Waals surface area contributed by atoms with Crippen LogP contribution in [0.3, 0.4) is 0 Å². The first kappa shape index (κ1) is 16.1. The molecular weight excluding hydrogens is 358 g/mol. The molecule has 7 heteroatoms. The zero-order chi connectivity index (χ0) is 17.2. The van der Waals surface area contributed by atoms with Gasteiger partial charge in [-0.25, -0.2) is 0 Å². The summed E-state index contributed by atoms with van der Waals surface area (Å²) in [7, 11) is 0. The van der Waals surface area contributed by atoms with Crippen molar-refractivity contribution >= 4 is 34.9 Å². The highest BCUT2D eigenvalue weighted by Gasteiger charge is 2.34. The van der Waals surface area contributed by atoms with Crippen LogP contribution in [0.25, 0.3) is 17.5 Å². The number of likely N-dealkylation sites (tertiary alicyclic amines) is 1. The predicted molar refractivity (Wildman–Crippen MR) is 97.4 cm³/mol. The molecule has 3 heterocycles. The van der Waals surface area contributed by atoms with Gasteiger partial charge >= 0.3 is 0 Å². The lowest BCUT2D eigenvalue weighted by atomic mass is 10.00. The van der Waals surface area contributed by atoms with E-state index in [9.17, 15) is 4.79 Å². The van der Waals surface area contributed by atoms with Crippen LogP contribution in [0.1, 0.15) is 16.7 Å². The van der Waals surface area contributed by atoms with Gasteiger partial charge in [0.15, 0.2) is 0 Å². The average Bonchev–Trinajstić information content (AvgIpc) is 3.23. The van der Waals surface area contributed by atoms with Crippen molar-refractivity contribution in [3.8, 4) is 11.4 Å². The van der Waals surface area contributed by atoms with Gasteiger partial charge in [0, 0.05) is 34.6 Å². The second-order valence-corrected chi connectivity index (χ2v) is 7.17. The van der Waals surface area contributed by atoms with Crippen molar-refractivity contribution in [3.63, 3.8) is 0 Å². The summed E-state index contributed by atoms with van der Waals surface area (Å²) >= 11 is 7.59. The highest BCUT2D eigenvalue weighted by atomic mass is 35.5. The van der Waals surface area contributed by atoms with E-state index in [1.807, 2.05) is 35.7 Å². The van der Waals surface area contributed by atoms with Crippen LogP contribution in [0, 0.1) is 0 Å². The van der Waals surface area contributed by atoms with Gasteiger partial charge in [0.05, 0.1) is 5.92 Å². The summed E-state index contributed by atoms with van der Waals surface area (Å²) in [5.41, 5.74) is 0.814. The SMILES string of the molecule is O=C(/C=C/c1cccs1)N1CC(c2nc(-c3cccc(Cl)c3)no2)C1. The van der Waals surface area contributed by atoms with Crippen molar-refractivity contribution in [1.29, 1.82) is 0 Å². The zero-order valence-electron chi connectivity index (χ0n) is 13.1. The number of rotatable bonds is 4. The summed E-state index contributed by atoms with van der Waals surface area (Å²) in [6.45, 7) is 1.18. The maximum absolute atomic E-state index is 12.1. The predicted octanol–water partition coefficient (Wildman–Crippen LogP) is 4.09. The van der Waals surface area contributed by atoms with Crippen LogP contribution in [-0.4, -0.2) is 34.0 Å². The van der Waals surface area contributed by atoms with Gasteiger partial charge in [-0.05, 0) is 29.7 Å². The number of halogens is 1. The molecule has 3 aromatic rings. The largest absolute Gasteiger partial charge is 0.339 e. The Morgan fingerprint density at radius 3 is 2.96 bits per heavy atom. The molecule has 0 radical (unpaired) electrons. The summed E-state index contributed by atoms with van der Waals surface area (Å²) < 4.78 is 5.35. The topological polar surface area (TPSA) is 59.2 Å². The summed E-state index contributed by atoms with van der Waals surface area (Å²) in [5, 5.41) is 6.62. The number of hydrogen-bond donors (Lipinski definition) is 0. The maximum atomic E-state index is 12.1. The fraction of sp³-hybridized carbons (Fsp3) is 0.167. The molecule has 0 spiro atoms. The van der Waals surface area contributed by atoms with Crippen LogP contribution in [0.5, 0.6) is 0 Å². The van der Waals surface area contributed by atoms with Gasteiger partial charge in [-0.15, -0.1) is 11.3 Å². The Bertz CT molecular complexity index is 914. The lowest BCUT2D eigenvalue weighted by Crippen LogP contribution is -2.47. The molecule has 1 aliphatic rings. The summed E-state index contributed by atoms with van der Waals surface area (Å²) in [5.74, 6) is 1.15. The highest BCUT2D eigenvalue weighted by molar-refractivity contribution is 7.10. The standard InChI is InChI=1S/C18H14ClN3O2S/c19-14-4-1-3-12(9-14)17-20-18(24-21-17)13-10-22(11-13)16(23)7-6-15-5-2-8-25-15/h1-9,13H,10-11H2/b7-6+. The number of aromatic nitrogens is 2. The van der Waals surface area contributed by atoms with Crippen LogP contribution in [0.2, 0.25) is 5.02 Å². The third-order valence-electron chi connectivity index (χ3n) is 4.00. The fourth-order valence-electron chi connectivity index (χ4n) is 2.61. The Hall–Kier alpha value is -2.44. The first-order chi connectivity index (χ1) is 12.2. The van der Waals surface area contributed by atoms with Crippen LogP contribution >= 0.6 is 22.9 Å². The van der Waals surface area contributed by atoms with Crippen molar-refractivity contribution in [2.75, 3.05) is 13.1 Å². The summed E-state index contributed by atoms with van der Waals surface area (Å²) in [4.78, 5) is 19.4. The monoisotopic (exact) mass is 371 g/mol. The van der Waals surface area contributed by atoms with Crippen molar-refractivity contribution in [2.45, 2.75) is 5.92 Å². The first-order valence-corrected chi connectivity index (χ1v) is 9.05. The maximum Gasteiger partial charge on any atom is 0.246 e. The Kier molecular flexibility index (Phi) is 4.38. The van der Waals surface area contributed by atoms with Crippen molar-refractivity contribution in [2.24, 2.45) is 0 Å². The van der Waals surface area contributed by atoms with Gasteiger partial charge in [0.1, 0.15) is 0 Å². The molecular formula is C18H14ClN3O2S. The molecule has 0 N–H and O–H groups in total. The van der Waals surface area contributed by atoms with E-state index < -0.39 is 0 Å². The number of nitrogens with zero attached hydrogens (tertiary/aromatic N) is 3. The molecule has 1 aliphatic heterocycles. The van der Waals surface area contributed by atoms with E-state index in [4.69, 9.17) is 16.1 Å². The molecule has 2 aromatic heterocycles. The molecule has 1 saturated heterocycles. The van der Waals surface area contributed by atoms with Crippen molar-refractivity contribution in [1.82, 2.24) is 15.0 Å². The van der Waals surface area contributed by atoms with E-state index in [2.05, 4.69) is 10.1 Å². The average molecular weight is 372 g/mol. The van der Waals surface area contributed by atoms with E-state index in [-0.39, 0.29) is 11.8 Å². The highest BCUT2D eigenvalue weighted by Crippen LogP contribution is 2.28. The Balaban J connectivity index is 1.37. The zero-order valence-corrected chi connectivity index (χ0v) is 14.7. The first-order valence-electron chi connectivity index (χ1n) is 7.79.